The third-order valence-electron chi connectivity index (χ3n) is 4.83. The molecule has 1 aromatic rings. The monoisotopic (exact) mass is 287 g/mol. The number of hydrogen-bond donors (Lipinski definition) is 1. The van der Waals surface area contributed by atoms with Crippen LogP contribution in [0.15, 0.2) is 24.3 Å². The fraction of sp³-hybridized carbons (Fsp3) is 0.667. The minimum Gasteiger partial charge on any atom is -0.310 e. The number of rotatable bonds is 6. The first-order valence-corrected chi connectivity index (χ1v) is 8.52. The summed E-state index contributed by atoms with van der Waals surface area (Å²) in [5.41, 5.74) is 2.89. The van der Waals surface area contributed by atoms with Crippen molar-refractivity contribution < 1.29 is 0 Å². The molecule has 3 nitrogen and oxygen atoms in total. The van der Waals surface area contributed by atoms with E-state index in [4.69, 9.17) is 0 Å². The van der Waals surface area contributed by atoms with E-state index in [9.17, 15) is 0 Å². The predicted octanol–water partition coefficient (Wildman–Crippen LogP) is 2.46. The molecular formula is C18H29N3. The molecular weight excluding hydrogens is 258 g/mol. The van der Waals surface area contributed by atoms with Gasteiger partial charge in [-0.1, -0.05) is 31.2 Å². The Labute approximate surface area is 129 Å². The van der Waals surface area contributed by atoms with E-state index in [1.807, 2.05) is 0 Å². The minimum atomic E-state index is 0.684. The number of piperazine rings is 1. The lowest BCUT2D eigenvalue weighted by Gasteiger charge is -2.39. The maximum Gasteiger partial charge on any atom is 0.0235 e. The van der Waals surface area contributed by atoms with Crippen molar-refractivity contribution >= 4 is 0 Å². The molecule has 0 spiro atoms. The van der Waals surface area contributed by atoms with Gasteiger partial charge in [0.05, 0.1) is 0 Å². The van der Waals surface area contributed by atoms with Crippen molar-refractivity contribution in [2.45, 2.75) is 51.9 Å². The van der Waals surface area contributed by atoms with Gasteiger partial charge in [0.15, 0.2) is 0 Å². The van der Waals surface area contributed by atoms with Gasteiger partial charge < -0.3 is 5.32 Å². The number of nitrogens with zero attached hydrogens (tertiary/aromatic N) is 2. The zero-order valence-corrected chi connectivity index (χ0v) is 13.5. The van der Waals surface area contributed by atoms with Crippen LogP contribution >= 0.6 is 0 Å². The van der Waals surface area contributed by atoms with Gasteiger partial charge in [0.1, 0.15) is 0 Å². The van der Waals surface area contributed by atoms with E-state index in [-0.39, 0.29) is 0 Å². The maximum atomic E-state index is 3.60. The van der Waals surface area contributed by atoms with Crippen molar-refractivity contribution in [3.8, 4) is 0 Å². The Morgan fingerprint density at radius 3 is 2.71 bits per heavy atom. The average Bonchev–Trinajstić information content (AvgIpc) is 3.30. The van der Waals surface area contributed by atoms with E-state index in [0.717, 1.165) is 19.1 Å². The molecule has 0 aromatic heterocycles. The first-order chi connectivity index (χ1) is 10.2. The highest BCUT2D eigenvalue weighted by Crippen LogP contribution is 2.20. The molecule has 1 aromatic carbocycles. The Morgan fingerprint density at radius 1 is 1.19 bits per heavy atom. The van der Waals surface area contributed by atoms with Crippen LogP contribution in [0.25, 0.3) is 0 Å². The third-order valence-corrected chi connectivity index (χ3v) is 4.83. The highest BCUT2D eigenvalue weighted by atomic mass is 15.3. The lowest BCUT2D eigenvalue weighted by Crippen LogP contribution is -2.51. The van der Waals surface area contributed by atoms with Crippen LogP contribution in [0, 0.1) is 0 Å². The van der Waals surface area contributed by atoms with E-state index in [1.165, 1.54) is 50.1 Å². The molecule has 1 saturated heterocycles. The van der Waals surface area contributed by atoms with E-state index < -0.39 is 0 Å². The Hall–Kier alpha value is -0.900. The van der Waals surface area contributed by atoms with E-state index in [1.54, 1.807) is 0 Å². The first-order valence-electron chi connectivity index (χ1n) is 8.52. The van der Waals surface area contributed by atoms with Crippen molar-refractivity contribution in [3.05, 3.63) is 35.4 Å². The lowest BCUT2D eigenvalue weighted by atomic mass is 10.1. The Bertz CT molecular complexity index is 456. The fourth-order valence-electron chi connectivity index (χ4n) is 3.33. The summed E-state index contributed by atoms with van der Waals surface area (Å²) in [4.78, 5) is 5.18. The largest absolute Gasteiger partial charge is 0.310 e. The molecule has 1 aliphatic heterocycles. The van der Waals surface area contributed by atoms with Gasteiger partial charge in [-0.3, -0.25) is 9.80 Å². The topological polar surface area (TPSA) is 18.5 Å². The highest BCUT2D eigenvalue weighted by Gasteiger charge is 2.22. The van der Waals surface area contributed by atoms with Crippen LogP contribution in [0.3, 0.4) is 0 Å². The molecule has 3 heteroatoms. The van der Waals surface area contributed by atoms with Crippen LogP contribution in [0.2, 0.25) is 0 Å². The van der Waals surface area contributed by atoms with Gasteiger partial charge in [-0.15, -0.1) is 0 Å². The molecule has 116 valence electrons. The smallest absolute Gasteiger partial charge is 0.0235 e. The standard InChI is InChI=1S/C18H29N3/c1-3-21-10-9-20(13-15(21)2)14-17-6-4-5-16(11-17)12-19-18-7-8-18/h4-6,11,15,18-19H,3,7-10,12-14H2,1-2H3. The molecule has 2 aliphatic rings. The van der Waals surface area contributed by atoms with Crippen molar-refractivity contribution in [1.29, 1.82) is 0 Å². The molecule has 0 bridgehead atoms. The SMILES string of the molecule is CCN1CCN(Cc2cccc(CNC3CC3)c2)CC1C. The van der Waals surface area contributed by atoms with Gasteiger partial charge in [0, 0.05) is 44.8 Å². The lowest BCUT2D eigenvalue weighted by molar-refractivity contribution is 0.0834. The zero-order valence-electron chi connectivity index (χ0n) is 13.5. The van der Waals surface area contributed by atoms with Crippen molar-refractivity contribution in [2.75, 3.05) is 26.2 Å². The molecule has 1 N–H and O–H groups in total. The summed E-state index contributed by atoms with van der Waals surface area (Å²) in [6, 6.07) is 10.6. The van der Waals surface area contributed by atoms with Crippen LogP contribution in [0.4, 0.5) is 0 Å². The molecule has 0 radical (unpaired) electrons. The second-order valence-corrected chi connectivity index (χ2v) is 6.69. The van der Waals surface area contributed by atoms with Gasteiger partial charge in [0.2, 0.25) is 0 Å². The summed E-state index contributed by atoms with van der Waals surface area (Å²) in [7, 11) is 0. The number of likely N-dealkylation sites (N-methyl/N-ethyl adjacent to an activating group) is 1. The summed E-state index contributed by atoms with van der Waals surface area (Å²) in [5, 5.41) is 3.60. The predicted molar refractivity (Wildman–Crippen MR) is 88.3 cm³/mol. The van der Waals surface area contributed by atoms with Gasteiger partial charge in [-0.25, -0.2) is 0 Å². The highest BCUT2D eigenvalue weighted by molar-refractivity contribution is 5.23. The van der Waals surface area contributed by atoms with Gasteiger partial charge in [-0.2, -0.15) is 0 Å². The van der Waals surface area contributed by atoms with E-state index >= 15 is 0 Å². The van der Waals surface area contributed by atoms with E-state index in [2.05, 4.69) is 53.2 Å². The number of nitrogens with one attached hydrogen (secondary N) is 1. The fourth-order valence-corrected chi connectivity index (χ4v) is 3.33. The average molecular weight is 287 g/mol. The number of hydrogen-bond acceptors (Lipinski definition) is 3. The van der Waals surface area contributed by atoms with Crippen molar-refractivity contribution in [1.82, 2.24) is 15.1 Å². The summed E-state index contributed by atoms with van der Waals surface area (Å²) in [5.74, 6) is 0. The molecule has 1 saturated carbocycles. The summed E-state index contributed by atoms with van der Waals surface area (Å²) >= 11 is 0. The van der Waals surface area contributed by atoms with Crippen LogP contribution < -0.4 is 5.32 Å². The molecule has 0 amide bonds. The van der Waals surface area contributed by atoms with Crippen molar-refractivity contribution in [2.24, 2.45) is 0 Å². The van der Waals surface area contributed by atoms with E-state index in [0.29, 0.717) is 6.04 Å². The molecule has 1 unspecified atom stereocenters. The molecule has 2 fully saturated rings. The van der Waals surface area contributed by atoms with Crippen molar-refractivity contribution in [3.63, 3.8) is 0 Å². The summed E-state index contributed by atoms with van der Waals surface area (Å²) in [6.45, 7) is 11.5. The summed E-state index contributed by atoms with van der Waals surface area (Å²) in [6.07, 6.45) is 2.72. The van der Waals surface area contributed by atoms with Crippen LogP contribution in [-0.4, -0.2) is 48.1 Å². The van der Waals surface area contributed by atoms with Crippen LogP contribution in [0.5, 0.6) is 0 Å². The Kier molecular flexibility index (Phi) is 4.94. The Balaban J connectivity index is 1.53. The third kappa shape index (κ3) is 4.29. The van der Waals surface area contributed by atoms with Crippen LogP contribution in [-0.2, 0) is 13.1 Å². The Morgan fingerprint density at radius 2 is 2.00 bits per heavy atom. The zero-order chi connectivity index (χ0) is 14.7. The molecule has 1 atom stereocenters. The van der Waals surface area contributed by atoms with Gasteiger partial charge >= 0.3 is 0 Å². The quantitative estimate of drug-likeness (QED) is 0.867. The minimum absolute atomic E-state index is 0.684. The molecule has 3 rings (SSSR count). The summed E-state index contributed by atoms with van der Waals surface area (Å²) < 4.78 is 0. The van der Waals surface area contributed by atoms with Gasteiger partial charge in [-0.05, 0) is 37.4 Å². The molecule has 1 aliphatic carbocycles. The second kappa shape index (κ2) is 6.91. The van der Waals surface area contributed by atoms with Gasteiger partial charge in [0.25, 0.3) is 0 Å². The second-order valence-electron chi connectivity index (χ2n) is 6.69. The van der Waals surface area contributed by atoms with Crippen LogP contribution in [0.1, 0.15) is 37.8 Å². The molecule has 21 heavy (non-hydrogen) atoms. The normalized spacial score (nSPS) is 24.4. The number of benzene rings is 1. The molecule has 1 heterocycles. The maximum absolute atomic E-state index is 3.60. The first kappa shape index (κ1) is 15.0.